The Morgan fingerprint density at radius 2 is 2.10 bits per heavy atom. The van der Waals surface area contributed by atoms with Crippen LogP contribution in [-0.2, 0) is 0 Å². The van der Waals surface area contributed by atoms with Crippen LogP contribution in [0.1, 0.15) is 26.7 Å². The molecule has 0 spiro atoms. The minimum Gasteiger partial charge on any atom is -0.385 e. The number of guanidine groups is 1. The van der Waals surface area contributed by atoms with E-state index in [1.54, 1.807) is 6.07 Å². The van der Waals surface area contributed by atoms with Gasteiger partial charge in [-0.2, -0.15) is 0 Å². The van der Waals surface area contributed by atoms with Gasteiger partial charge in [0.15, 0.2) is 5.96 Å². The van der Waals surface area contributed by atoms with Gasteiger partial charge in [-0.25, -0.2) is 4.39 Å². The highest BCUT2D eigenvalue weighted by Gasteiger charge is 1.96. The molecule has 21 heavy (non-hydrogen) atoms. The molecular formula is C15H26FIN4. The average Bonchev–Trinajstić information content (AvgIpc) is 2.38. The molecule has 4 N–H and O–H groups in total. The number of hydrogen-bond donors (Lipinski definition) is 3. The molecule has 6 heteroatoms. The normalized spacial score (nSPS) is 11.1. The van der Waals surface area contributed by atoms with E-state index in [2.05, 4.69) is 29.5 Å². The van der Waals surface area contributed by atoms with Gasteiger partial charge >= 0.3 is 0 Å². The number of aliphatic imine (C=N–C) groups is 1. The van der Waals surface area contributed by atoms with Crippen molar-refractivity contribution in [3.63, 3.8) is 0 Å². The maximum Gasteiger partial charge on any atom is 0.188 e. The molecule has 0 amide bonds. The Balaban J connectivity index is 0.00000400. The highest BCUT2D eigenvalue weighted by Crippen LogP contribution is 2.08. The van der Waals surface area contributed by atoms with Crippen LogP contribution in [0.15, 0.2) is 29.3 Å². The van der Waals surface area contributed by atoms with Crippen LogP contribution in [0.3, 0.4) is 0 Å². The van der Waals surface area contributed by atoms with Crippen molar-refractivity contribution in [2.75, 3.05) is 25.0 Å². The highest BCUT2D eigenvalue weighted by molar-refractivity contribution is 14.0. The quantitative estimate of drug-likeness (QED) is 0.268. The van der Waals surface area contributed by atoms with E-state index in [1.807, 2.05) is 6.07 Å². The summed E-state index contributed by atoms with van der Waals surface area (Å²) in [6.45, 7) is 6.60. The summed E-state index contributed by atoms with van der Waals surface area (Å²) in [6.07, 6.45) is 1.93. The van der Waals surface area contributed by atoms with E-state index in [1.165, 1.54) is 12.1 Å². The second-order valence-corrected chi connectivity index (χ2v) is 5.17. The zero-order valence-electron chi connectivity index (χ0n) is 12.7. The van der Waals surface area contributed by atoms with E-state index in [9.17, 15) is 4.39 Å². The molecule has 0 fully saturated rings. The van der Waals surface area contributed by atoms with Crippen LogP contribution in [0.25, 0.3) is 0 Å². The van der Waals surface area contributed by atoms with Crippen molar-refractivity contribution >= 4 is 35.6 Å². The van der Waals surface area contributed by atoms with E-state index in [4.69, 9.17) is 5.73 Å². The van der Waals surface area contributed by atoms with Crippen molar-refractivity contribution in [2.24, 2.45) is 16.6 Å². The minimum absolute atomic E-state index is 0. The van der Waals surface area contributed by atoms with Crippen LogP contribution < -0.4 is 16.4 Å². The van der Waals surface area contributed by atoms with Crippen LogP contribution >= 0.6 is 24.0 Å². The van der Waals surface area contributed by atoms with Gasteiger partial charge in [0.05, 0.1) is 0 Å². The van der Waals surface area contributed by atoms with Crippen LogP contribution in [0.4, 0.5) is 10.1 Å². The predicted octanol–water partition coefficient (Wildman–Crippen LogP) is 3.20. The topological polar surface area (TPSA) is 62.4 Å². The van der Waals surface area contributed by atoms with Crippen LogP contribution in [0, 0.1) is 11.7 Å². The highest BCUT2D eigenvalue weighted by atomic mass is 127. The van der Waals surface area contributed by atoms with Crippen molar-refractivity contribution in [2.45, 2.75) is 26.7 Å². The molecule has 0 unspecified atom stereocenters. The summed E-state index contributed by atoms with van der Waals surface area (Å²) in [7, 11) is 0. The number of rotatable bonds is 8. The van der Waals surface area contributed by atoms with E-state index < -0.39 is 0 Å². The number of halogens is 2. The lowest BCUT2D eigenvalue weighted by Gasteiger charge is -2.08. The zero-order valence-corrected chi connectivity index (χ0v) is 15.1. The Labute approximate surface area is 143 Å². The maximum atomic E-state index is 12.9. The third-order valence-corrected chi connectivity index (χ3v) is 2.80. The zero-order chi connectivity index (χ0) is 14.8. The second-order valence-electron chi connectivity index (χ2n) is 5.17. The molecular weight excluding hydrogens is 382 g/mol. The molecule has 0 heterocycles. The summed E-state index contributed by atoms with van der Waals surface area (Å²) in [6, 6.07) is 6.44. The van der Waals surface area contributed by atoms with Crippen LogP contribution in [-0.4, -0.2) is 25.6 Å². The molecule has 1 aromatic carbocycles. The second kappa shape index (κ2) is 11.6. The van der Waals surface area contributed by atoms with E-state index in [0.717, 1.165) is 31.6 Å². The van der Waals surface area contributed by atoms with E-state index in [0.29, 0.717) is 18.4 Å². The standard InChI is InChI=1S/C15H25FN4.HI/c1-12(2)7-10-20-15(17)19-9-4-8-18-14-6-3-5-13(16)11-14;/h3,5-6,11-12,18H,4,7-10H2,1-2H3,(H3,17,19,20);1H. The van der Waals surface area contributed by atoms with Gasteiger partial charge in [-0.1, -0.05) is 19.9 Å². The first-order valence-corrected chi connectivity index (χ1v) is 7.11. The Hall–Kier alpha value is -1.05. The monoisotopic (exact) mass is 408 g/mol. The molecule has 0 bridgehead atoms. The Kier molecular flexibility index (Phi) is 11.0. The molecule has 120 valence electrons. The number of nitrogens with two attached hydrogens (primary N) is 1. The van der Waals surface area contributed by atoms with Crippen molar-refractivity contribution in [3.8, 4) is 0 Å². The van der Waals surface area contributed by atoms with Crippen molar-refractivity contribution in [3.05, 3.63) is 30.1 Å². The first-order chi connectivity index (χ1) is 9.58. The van der Waals surface area contributed by atoms with Gasteiger partial charge < -0.3 is 16.4 Å². The number of nitrogens with zero attached hydrogens (tertiary/aromatic N) is 1. The van der Waals surface area contributed by atoms with Crippen LogP contribution in [0.2, 0.25) is 0 Å². The Morgan fingerprint density at radius 3 is 2.76 bits per heavy atom. The first-order valence-electron chi connectivity index (χ1n) is 7.11. The predicted molar refractivity (Wildman–Crippen MR) is 98.9 cm³/mol. The number of nitrogens with one attached hydrogen (secondary N) is 2. The largest absolute Gasteiger partial charge is 0.385 e. The molecule has 0 aliphatic carbocycles. The van der Waals surface area contributed by atoms with Gasteiger partial charge in [0.1, 0.15) is 5.82 Å². The lowest BCUT2D eigenvalue weighted by molar-refractivity contribution is 0.576. The molecule has 1 aromatic rings. The van der Waals surface area contributed by atoms with Gasteiger partial charge in [0.2, 0.25) is 0 Å². The third kappa shape index (κ3) is 10.3. The first kappa shape index (κ1) is 19.9. The molecule has 0 aromatic heterocycles. The summed E-state index contributed by atoms with van der Waals surface area (Å²) in [5.74, 6) is 0.925. The smallest absolute Gasteiger partial charge is 0.188 e. The SMILES string of the molecule is CC(C)CCNC(N)=NCCCNc1cccc(F)c1.I. The minimum atomic E-state index is -0.230. The number of hydrogen-bond acceptors (Lipinski definition) is 2. The fourth-order valence-corrected chi connectivity index (χ4v) is 1.65. The summed E-state index contributed by atoms with van der Waals surface area (Å²) in [5.41, 5.74) is 6.53. The average molecular weight is 408 g/mol. The van der Waals surface area contributed by atoms with Gasteiger partial charge in [-0.05, 0) is 37.0 Å². The van der Waals surface area contributed by atoms with Crippen molar-refractivity contribution < 1.29 is 4.39 Å². The van der Waals surface area contributed by atoms with Crippen molar-refractivity contribution in [1.82, 2.24) is 5.32 Å². The van der Waals surface area contributed by atoms with Gasteiger partial charge in [0.25, 0.3) is 0 Å². The molecule has 0 aliphatic heterocycles. The lowest BCUT2D eigenvalue weighted by Crippen LogP contribution is -2.33. The van der Waals surface area contributed by atoms with Gasteiger partial charge in [-0.3, -0.25) is 4.99 Å². The van der Waals surface area contributed by atoms with Gasteiger partial charge in [0, 0.05) is 25.3 Å². The molecule has 0 saturated carbocycles. The Bertz CT molecular complexity index is 424. The summed E-state index contributed by atoms with van der Waals surface area (Å²) >= 11 is 0. The van der Waals surface area contributed by atoms with Gasteiger partial charge in [-0.15, -0.1) is 24.0 Å². The summed E-state index contributed by atoms with van der Waals surface area (Å²) in [5, 5.41) is 6.23. The van der Waals surface area contributed by atoms with E-state index >= 15 is 0 Å². The maximum absolute atomic E-state index is 12.9. The molecule has 0 atom stereocenters. The summed E-state index contributed by atoms with van der Waals surface area (Å²) < 4.78 is 12.9. The number of benzene rings is 1. The van der Waals surface area contributed by atoms with Crippen molar-refractivity contribution in [1.29, 1.82) is 0 Å². The van der Waals surface area contributed by atoms with Crippen LogP contribution in [0.5, 0.6) is 0 Å². The molecule has 0 aliphatic rings. The Morgan fingerprint density at radius 1 is 1.33 bits per heavy atom. The summed E-state index contributed by atoms with van der Waals surface area (Å²) in [4.78, 5) is 4.24. The fourth-order valence-electron chi connectivity index (χ4n) is 1.65. The molecule has 0 saturated heterocycles. The molecule has 0 radical (unpaired) electrons. The molecule has 1 rings (SSSR count). The number of anilines is 1. The molecule has 4 nitrogen and oxygen atoms in total. The van der Waals surface area contributed by atoms with E-state index in [-0.39, 0.29) is 29.8 Å². The fraction of sp³-hybridized carbons (Fsp3) is 0.533. The third-order valence-electron chi connectivity index (χ3n) is 2.80. The lowest BCUT2D eigenvalue weighted by atomic mass is 10.1.